The molecule has 18 heavy (non-hydrogen) atoms. The Morgan fingerprint density at radius 3 is 2.78 bits per heavy atom. The molecule has 1 aromatic carbocycles. The van der Waals surface area contributed by atoms with Gasteiger partial charge in [0.05, 0.1) is 6.10 Å². The maximum atomic E-state index is 13.4. The molecule has 1 atom stereocenters. The molecule has 0 radical (unpaired) electrons. The molecule has 1 rings (SSSR count). The Morgan fingerprint density at radius 1 is 1.33 bits per heavy atom. The molecule has 0 fully saturated rings. The first kappa shape index (κ1) is 14.5. The molecule has 98 valence electrons. The van der Waals surface area contributed by atoms with Crippen molar-refractivity contribution in [2.75, 3.05) is 0 Å². The summed E-state index contributed by atoms with van der Waals surface area (Å²) >= 11 is 0. The van der Waals surface area contributed by atoms with E-state index in [-0.39, 0.29) is 11.7 Å². The topological polar surface area (TPSA) is 33.0 Å². The van der Waals surface area contributed by atoms with Crippen LogP contribution in [0.15, 0.2) is 18.2 Å². The standard InChI is InChI=1S/C15H20FNO/c1-3-4-5-6-8-12(2)18-15-10-7-9-14(16)13(15)11-17/h7,9-10,12H,3-6,8H2,1-2H3. The smallest absolute Gasteiger partial charge is 0.144 e. The first-order valence-electron chi connectivity index (χ1n) is 6.54. The van der Waals surface area contributed by atoms with Crippen molar-refractivity contribution in [2.24, 2.45) is 0 Å². The summed E-state index contributed by atoms with van der Waals surface area (Å²) in [4.78, 5) is 0. The van der Waals surface area contributed by atoms with Crippen molar-refractivity contribution in [1.29, 1.82) is 5.26 Å². The number of halogens is 1. The summed E-state index contributed by atoms with van der Waals surface area (Å²) < 4.78 is 19.0. The van der Waals surface area contributed by atoms with Gasteiger partial charge in [-0.05, 0) is 31.9 Å². The van der Waals surface area contributed by atoms with Crippen LogP contribution in [0.2, 0.25) is 0 Å². The first-order chi connectivity index (χ1) is 8.69. The number of unbranched alkanes of at least 4 members (excludes halogenated alkanes) is 3. The van der Waals surface area contributed by atoms with E-state index < -0.39 is 5.82 Å². The van der Waals surface area contributed by atoms with Gasteiger partial charge < -0.3 is 4.74 Å². The Morgan fingerprint density at radius 2 is 2.11 bits per heavy atom. The number of hydrogen-bond donors (Lipinski definition) is 0. The van der Waals surface area contributed by atoms with Crippen LogP contribution < -0.4 is 4.74 Å². The molecule has 0 heterocycles. The Bertz CT molecular complexity index is 411. The Labute approximate surface area is 108 Å². The normalized spacial score (nSPS) is 11.9. The minimum absolute atomic E-state index is 0.00194. The van der Waals surface area contributed by atoms with Gasteiger partial charge in [0, 0.05) is 0 Å². The Balaban J connectivity index is 2.52. The maximum Gasteiger partial charge on any atom is 0.144 e. The maximum absolute atomic E-state index is 13.4. The van der Waals surface area contributed by atoms with Gasteiger partial charge in [-0.3, -0.25) is 0 Å². The van der Waals surface area contributed by atoms with Crippen LogP contribution in [0, 0.1) is 17.1 Å². The third-order valence-electron chi connectivity index (χ3n) is 2.88. The van der Waals surface area contributed by atoms with Crippen molar-refractivity contribution in [3.05, 3.63) is 29.6 Å². The number of hydrogen-bond acceptors (Lipinski definition) is 2. The molecular formula is C15H20FNO. The van der Waals surface area contributed by atoms with Crippen LogP contribution in [0.25, 0.3) is 0 Å². The summed E-state index contributed by atoms with van der Waals surface area (Å²) in [5.74, 6) is -0.173. The summed E-state index contributed by atoms with van der Waals surface area (Å²) in [6, 6.07) is 6.33. The molecular weight excluding hydrogens is 229 g/mol. The van der Waals surface area contributed by atoms with Crippen molar-refractivity contribution in [2.45, 2.75) is 52.1 Å². The molecule has 0 aliphatic rings. The van der Waals surface area contributed by atoms with E-state index in [1.165, 1.54) is 25.3 Å². The predicted octanol–water partition coefficient (Wildman–Crippen LogP) is 4.44. The first-order valence-corrected chi connectivity index (χ1v) is 6.54. The fraction of sp³-hybridized carbons (Fsp3) is 0.533. The highest BCUT2D eigenvalue weighted by molar-refractivity contribution is 5.43. The molecule has 2 nitrogen and oxygen atoms in total. The van der Waals surface area contributed by atoms with Gasteiger partial charge in [0.15, 0.2) is 0 Å². The Hall–Kier alpha value is -1.56. The van der Waals surface area contributed by atoms with E-state index in [1.54, 1.807) is 12.1 Å². The molecule has 3 heteroatoms. The number of benzene rings is 1. The summed E-state index contributed by atoms with van der Waals surface area (Å²) in [6.45, 7) is 4.13. The van der Waals surface area contributed by atoms with Crippen LogP contribution in [-0.4, -0.2) is 6.10 Å². The molecule has 0 N–H and O–H groups in total. The van der Waals surface area contributed by atoms with Gasteiger partial charge in [0.2, 0.25) is 0 Å². The van der Waals surface area contributed by atoms with E-state index in [0.29, 0.717) is 5.75 Å². The second-order valence-corrected chi connectivity index (χ2v) is 4.50. The fourth-order valence-electron chi connectivity index (χ4n) is 1.85. The predicted molar refractivity (Wildman–Crippen MR) is 70.0 cm³/mol. The summed E-state index contributed by atoms with van der Waals surface area (Å²) in [5, 5.41) is 8.89. The second-order valence-electron chi connectivity index (χ2n) is 4.50. The largest absolute Gasteiger partial charge is 0.489 e. The average Bonchev–Trinajstić information content (AvgIpc) is 2.35. The minimum atomic E-state index is -0.520. The molecule has 0 amide bonds. The second kappa shape index (κ2) is 7.71. The molecule has 0 saturated heterocycles. The van der Waals surface area contributed by atoms with E-state index in [2.05, 4.69) is 6.92 Å². The zero-order chi connectivity index (χ0) is 13.4. The van der Waals surface area contributed by atoms with Crippen LogP contribution in [0.5, 0.6) is 5.75 Å². The van der Waals surface area contributed by atoms with Crippen molar-refractivity contribution in [3.8, 4) is 11.8 Å². The molecule has 1 aromatic rings. The SMILES string of the molecule is CCCCCCC(C)Oc1cccc(F)c1C#N. The highest BCUT2D eigenvalue weighted by atomic mass is 19.1. The summed E-state index contributed by atoms with van der Waals surface area (Å²) in [5.41, 5.74) is -0.00194. The number of nitriles is 1. The van der Waals surface area contributed by atoms with Crippen LogP contribution in [0.3, 0.4) is 0 Å². The highest BCUT2D eigenvalue weighted by Gasteiger charge is 2.11. The van der Waals surface area contributed by atoms with E-state index in [4.69, 9.17) is 10.00 Å². The van der Waals surface area contributed by atoms with Gasteiger partial charge in [0.25, 0.3) is 0 Å². The van der Waals surface area contributed by atoms with E-state index in [9.17, 15) is 4.39 Å². The lowest BCUT2D eigenvalue weighted by Crippen LogP contribution is -2.12. The third-order valence-corrected chi connectivity index (χ3v) is 2.88. The van der Waals surface area contributed by atoms with Crippen LogP contribution in [0.1, 0.15) is 51.5 Å². The lowest BCUT2D eigenvalue weighted by Gasteiger charge is -2.15. The van der Waals surface area contributed by atoms with Gasteiger partial charge >= 0.3 is 0 Å². The molecule has 0 bridgehead atoms. The molecule has 0 aliphatic carbocycles. The molecule has 0 spiro atoms. The zero-order valence-electron chi connectivity index (χ0n) is 11.1. The average molecular weight is 249 g/mol. The van der Waals surface area contributed by atoms with Gasteiger partial charge in [0.1, 0.15) is 23.2 Å². The molecule has 0 aliphatic heterocycles. The minimum Gasteiger partial charge on any atom is -0.489 e. The van der Waals surface area contributed by atoms with Gasteiger partial charge in [-0.15, -0.1) is 0 Å². The van der Waals surface area contributed by atoms with Crippen LogP contribution in [0.4, 0.5) is 4.39 Å². The Kier molecular flexibility index (Phi) is 6.21. The summed E-state index contributed by atoms with van der Waals surface area (Å²) in [6.07, 6.45) is 5.68. The number of ether oxygens (including phenoxy) is 1. The van der Waals surface area contributed by atoms with Gasteiger partial charge in [-0.25, -0.2) is 4.39 Å². The molecule has 0 saturated carbocycles. The molecule has 1 unspecified atom stereocenters. The van der Waals surface area contributed by atoms with Crippen molar-refractivity contribution in [3.63, 3.8) is 0 Å². The number of nitrogens with zero attached hydrogens (tertiary/aromatic N) is 1. The lowest BCUT2D eigenvalue weighted by atomic mass is 10.1. The van der Waals surface area contributed by atoms with Gasteiger partial charge in [-0.2, -0.15) is 5.26 Å². The monoisotopic (exact) mass is 249 g/mol. The lowest BCUT2D eigenvalue weighted by molar-refractivity contribution is 0.205. The van der Waals surface area contributed by atoms with Crippen molar-refractivity contribution < 1.29 is 9.13 Å². The summed E-state index contributed by atoms with van der Waals surface area (Å²) in [7, 11) is 0. The van der Waals surface area contributed by atoms with Gasteiger partial charge in [-0.1, -0.05) is 32.3 Å². The van der Waals surface area contributed by atoms with Crippen LogP contribution >= 0.6 is 0 Å². The van der Waals surface area contributed by atoms with E-state index in [0.717, 1.165) is 12.8 Å². The zero-order valence-corrected chi connectivity index (χ0v) is 11.1. The van der Waals surface area contributed by atoms with E-state index in [1.807, 2.05) is 13.0 Å². The van der Waals surface area contributed by atoms with Crippen LogP contribution in [-0.2, 0) is 0 Å². The quantitative estimate of drug-likeness (QED) is 0.669. The van der Waals surface area contributed by atoms with Crippen molar-refractivity contribution in [1.82, 2.24) is 0 Å². The third kappa shape index (κ3) is 4.37. The fourth-order valence-corrected chi connectivity index (χ4v) is 1.85. The highest BCUT2D eigenvalue weighted by Crippen LogP contribution is 2.22. The molecule has 0 aromatic heterocycles. The number of rotatable bonds is 7. The van der Waals surface area contributed by atoms with E-state index >= 15 is 0 Å². The van der Waals surface area contributed by atoms with Crippen molar-refractivity contribution >= 4 is 0 Å².